The SMILES string of the molecule is Cc1cc(OCn2ccc(C(=O)N3CCC(=O)[C@@H]4CCCC[C@@H]43)n2)cc(C)c1Cl. The number of fused-ring (bicyclic) bond motifs is 1. The topological polar surface area (TPSA) is 64.4 Å². The molecular formula is C22H26ClN3O3. The van der Waals surface area contributed by atoms with Gasteiger partial charge >= 0.3 is 0 Å². The molecule has 6 nitrogen and oxygen atoms in total. The number of ether oxygens (including phenoxy) is 1. The number of hydrogen-bond donors (Lipinski definition) is 0. The molecule has 0 bridgehead atoms. The van der Waals surface area contributed by atoms with Crippen LogP contribution in [0.5, 0.6) is 5.75 Å². The van der Waals surface area contributed by atoms with Gasteiger partial charge in [-0.25, -0.2) is 4.68 Å². The molecule has 0 N–H and O–H groups in total. The van der Waals surface area contributed by atoms with Crippen molar-refractivity contribution in [3.63, 3.8) is 0 Å². The maximum Gasteiger partial charge on any atom is 0.274 e. The zero-order valence-corrected chi connectivity index (χ0v) is 17.6. The van der Waals surface area contributed by atoms with Crippen LogP contribution < -0.4 is 4.74 Å². The van der Waals surface area contributed by atoms with E-state index in [0.29, 0.717) is 30.2 Å². The largest absolute Gasteiger partial charge is 0.471 e. The summed E-state index contributed by atoms with van der Waals surface area (Å²) in [7, 11) is 0. The van der Waals surface area contributed by atoms with Crippen molar-refractivity contribution >= 4 is 23.3 Å². The molecule has 2 aliphatic rings. The second-order valence-electron chi connectivity index (χ2n) is 8.06. The minimum absolute atomic E-state index is 0.00301. The van der Waals surface area contributed by atoms with Gasteiger partial charge in [-0.2, -0.15) is 5.10 Å². The van der Waals surface area contributed by atoms with E-state index < -0.39 is 0 Å². The Morgan fingerprint density at radius 3 is 2.72 bits per heavy atom. The number of piperidine rings is 1. The summed E-state index contributed by atoms with van der Waals surface area (Å²) in [6, 6.07) is 5.52. The minimum atomic E-state index is -0.0914. The summed E-state index contributed by atoms with van der Waals surface area (Å²) in [6.07, 6.45) is 6.14. The van der Waals surface area contributed by atoms with Crippen LogP contribution in [0.2, 0.25) is 5.02 Å². The molecule has 2 heterocycles. The fourth-order valence-electron chi connectivity index (χ4n) is 4.52. The van der Waals surface area contributed by atoms with Crippen molar-refractivity contribution in [1.82, 2.24) is 14.7 Å². The van der Waals surface area contributed by atoms with Crippen LogP contribution in [0.25, 0.3) is 0 Å². The highest BCUT2D eigenvalue weighted by molar-refractivity contribution is 6.32. The molecular weight excluding hydrogens is 390 g/mol. The first kappa shape index (κ1) is 20.0. The smallest absolute Gasteiger partial charge is 0.274 e. The van der Waals surface area contributed by atoms with Crippen LogP contribution in [0.4, 0.5) is 0 Å². The zero-order valence-electron chi connectivity index (χ0n) is 16.9. The number of halogens is 1. The molecule has 0 radical (unpaired) electrons. The van der Waals surface area contributed by atoms with E-state index in [9.17, 15) is 9.59 Å². The van der Waals surface area contributed by atoms with Gasteiger partial charge in [0.2, 0.25) is 0 Å². The van der Waals surface area contributed by atoms with Gasteiger partial charge < -0.3 is 9.64 Å². The van der Waals surface area contributed by atoms with Crippen molar-refractivity contribution in [2.45, 2.75) is 58.7 Å². The Balaban J connectivity index is 1.43. The molecule has 7 heteroatoms. The van der Waals surface area contributed by atoms with Crippen LogP contribution in [0.15, 0.2) is 24.4 Å². The molecule has 1 aliphatic heterocycles. The van der Waals surface area contributed by atoms with Crippen molar-refractivity contribution in [3.05, 3.63) is 46.2 Å². The number of ketones is 1. The molecule has 1 amide bonds. The monoisotopic (exact) mass is 415 g/mol. The fourth-order valence-corrected chi connectivity index (χ4v) is 4.63. The predicted octanol–water partition coefficient (Wildman–Crippen LogP) is 4.16. The second-order valence-corrected chi connectivity index (χ2v) is 8.44. The van der Waals surface area contributed by atoms with Gasteiger partial charge in [-0.05, 0) is 56.0 Å². The van der Waals surface area contributed by atoms with E-state index in [1.165, 1.54) is 0 Å². The van der Waals surface area contributed by atoms with Crippen LogP contribution in [-0.2, 0) is 11.5 Å². The molecule has 0 spiro atoms. The number of likely N-dealkylation sites (tertiary alicyclic amines) is 1. The molecule has 1 aliphatic carbocycles. The molecule has 2 aromatic rings. The van der Waals surface area contributed by atoms with E-state index in [4.69, 9.17) is 16.3 Å². The maximum atomic E-state index is 13.1. The third kappa shape index (κ3) is 4.04. The first-order chi connectivity index (χ1) is 13.9. The Morgan fingerprint density at radius 2 is 1.97 bits per heavy atom. The fraction of sp³-hybridized carbons (Fsp3) is 0.500. The molecule has 154 valence electrons. The lowest BCUT2D eigenvalue weighted by Crippen LogP contribution is -2.53. The molecule has 1 saturated carbocycles. The number of carbonyl (C=O) groups excluding carboxylic acids is 2. The van der Waals surface area contributed by atoms with Crippen molar-refractivity contribution in [2.75, 3.05) is 6.54 Å². The molecule has 4 rings (SSSR count). The molecule has 2 atom stereocenters. The average Bonchev–Trinajstić information content (AvgIpc) is 3.19. The van der Waals surface area contributed by atoms with Gasteiger partial charge in [-0.1, -0.05) is 24.4 Å². The lowest BCUT2D eigenvalue weighted by Gasteiger charge is -2.42. The molecule has 29 heavy (non-hydrogen) atoms. The highest BCUT2D eigenvalue weighted by Crippen LogP contribution is 2.34. The van der Waals surface area contributed by atoms with Crippen molar-refractivity contribution in [2.24, 2.45) is 5.92 Å². The van der Waals surface area contributed by atoms with Crippen LogP contribution in [0.3, 0.4) is 0 Å². The third-order valence-electron chi connectivity index (χ3n) is 6.04. The van der Waals surface area contributed by atoms with Gasteiger partial charge in [0, 0.05) is 36.1 Å². The van der Waals surface area contributed by atoms with Gasteiger partial charge in [-0.15, -0.1) is 0 Å². The number of carbonyl (C=O) groups is 2. The Bertz CT molecular complexity index is 916. The van der Waals surface area contributed by atoms with Crippen molar-refractivity contribution < 1.29 is 14.3 Å². The van der Waals surface area contributed by atoms with E-state index in [1.807, 2.05) is 30.9 Å². The maximum absolute atomic E-state index is 13.1. The Kier molecular flexibility index (Phi) is 5.63. The normalized spacial score (nSPS) is 21.8. The number of Topliss-reactive ketones (excluding diaryl/α,β-unsaturated/α-hetero) is 1. The zero-order chi connectivity index (χ0) is 20.5. The lowest BCUT2D eigenvalue weighted by atomic mass is 9.77. The van der Waals surface area contributed by atoms with Crippen LogP contribution in [-0.4, -0.2) is 39.0 Å². The molecule has 2 fully saturated rings. The van der Waals surface area contributed by atoms with Crippen LogP contribution in [0.1, 0.15) is 53.7 Å². The average molecular weight is 416 g/mol. The number of nitrogens with zero attached hydrogens (tertiary/aromatic N) is 3. The summed E-state index contributed by atoms with van der Waals surface area (Å²) in [5, 5.41) is 5.15. The highest BCUT2D eigenvalue weighted by Gasteiger charge is 2.41. The number of amides is 1. The standard InChI is InChI=1S/C22H26ClN3O3/c1-14-11-16(12-15(2)21(14)23)29-13-25-9-7-18(24-25)22(28)26-10-8-20(27)17-5-3-4-6-19(17)26/h7,9,11-12,17,19H,3-6,8,10,13H2,1-2H3/t17-,19+/m1/s1. The Morgan fingerprint density at radius 1 is 1.24 bits per heavy atom. The Hall–Kier alpha value is -2.34. The van der Waals surface area contributed by atoms with Gasteiger partial charge in [0.25, 0.3) is 5.91 Å². The van der Waals surface area contributed by atoms with E-state index in [2.05, 4.69) is 5.10 Å². The predicted molar refractivity (Wildman–Crippen MR) is 110 cm³/mol. The quantitative estimate of drug-likeness (QED) is 0.751. The first-order valence-corrected chi connectivity index (χ1v) is 10.6. The van der Waals surface area contributed by atoms with E-state index in [-0.39, 0.29) is 24.6 Å². The summed E-state index contributed by atoms with van der Waals surface area (Å²) >= 11 is 6.20. The number of aromatic nitrogens is 2. The molecule has 1 aromatic carbocycles. The van der Waals surface area contributed by atoms with Gasteiger partial charge in [0.05, 0.1) is 0 Å². The minimum Gasteiger partial charge on any atom is -0.471 e. The highest BCUT2D eigenvalue weighted by atomic mass is 35.5. The summed E-state index contributed by atoms with van der Waals surface area (Å²) in [5.74, 6) is 0.938. The van der Waals surface area contributed by atoms with Crippen molar-refractivity contribution in [3.8, 4) is 5.75 Å². The second kappa shape index (κ2) is 8.19. The third-order valence-corrected chi connectivity index (χ3v) is 6.63. The van der Waals surface area contributed by atoms with Crippen molar-refractivity contribution in [1.29, 1.82) is 0 Å². The van der Waals surface area contributed by atoms with E-state index in [1.54, 1.807) is 16.9 Å². The van der Waals surface area contributed by atoms with Crippen LogP contribution >= 0.6 is 11.6 Å². The molecule has 0 unspecified atom stereocenters. The number of aryl methyl sites for hydroxylation is 2. The van der Waals surface area contributed by atoms with Gasteiger partial charge in [0.15, 0.2) is 12.4 Å². The number of hydrogen-bond acceptors (Lipinski definition) is 4. The van der Waals surface area contributed by atoms with Crippen LogP contribution in [0, 0.1) is 19.8 Å². The van der Waals surface area contributed by atoms with Gasteiger partial charge in [-0.3, -0.25) is 9.59 Å². The Labute approximate surface area is 175 Å². The molecule has 1 saturated heterocycles. The number of benzene rings is 1. The van der Waals surface area contributed by atoms with Gasteiger partial charge in [0.1, 0.15) is 11.5 Å². The summed E-state index contributed by atoms with van der Waals surface area (Å²) in [6.45, 7) is 4.58. The lowest BCUT2D eigenvalue weighted by molar-refractivity contribution is -0.129. The molecule has 1 aromatic heterocycles. The summed E-state index contributed by atoms with van der Waals surface area (Å²) in [5.41, 5.74) is 2.31. The van der Waals surface area contributed by atoms with E-state index >= 15 is 0 Å². The number of rotatable bonds is 4. The first-order valence-electron chi connectivity index (χ1n) is 10.2. The van der Waals surface area contributed by atoms with E-state index in [0.717, 1.165) is 41.8 Å². The summed E-state index contributed by atoms with van der Waals surface area (Å²) in [4.78, 5) is 27.2. The summed E-state index contributed by atoms with van der Waals surface area (Å²) < 4.78 is 7.43.